The monoisotopic (exact) mass is 264 g/mol. The van der Waals surface area contributed by atoms with Crippen molar-refractivity contribution in [3.05, 3.63) is 57.3 Å². The molecule has 1 atom stereocenters. The number of aryl methyl sites for hydroxylation is 2. The molecule has 17 heavy (non-hydrogen) atoms. The van der Waals surface area contributed by atoms with E-state index in [0.29, 0.717) is 0 Å². The van der Waals surface area contributed by atoms with Crippen molar-refractivity contribution in [2.24, 2.45) is 0 Å². The van der Waals surface area contributed by atoms with Crippen molar-refractivity contribution in [1.29, 1.82) is 0 Å². The van der Waals surface area contributed by atoms with Gasteiger partial charge in [-0.25, -0.2) is 0 Å². The Morgan fingerprint density at radius 1 is 1.18 bits per heavy atom. The van der Waals surface area contributed by atoms with Gasteiger partial charge in [-0.3, -0.25) is 0 Å². The molecule has 1 aromatic heterocycles. The Morgan fingerprint density at radius 3 is 2.41 bits per heavy atom. The molecule has 0 aliphatic heterocycles. The maximum Gasteiger partial charge on any atom is 0.0846 e. The van der Waals surface area contributed by atoms with E-state index in [0.717, 1.165) is 6.42 Å². The standard InChI is InChI=1S/C15H17ClS/c1-3-4-12-5-7-13(8-6-12)15(16)14-10-17-9-11(14)2/h5-10,15H,3-4H2,1-2H3. The Morgan fingerprint density at radius 2 is 1.88 bits per heavy atom. The zero-order valence-electron chi connectivity index (χ0n) is 10.2. The molecule has 1 aromatic carbocycles. The zero-order valence-corrected chi connectivity index (χ0v) is 11.8. The third kappa shape index (κ3) is 2.91. The molecule has 0 aliphatic rings. The minimum Gasteiger partial charge on any atom is -0.152 e. The van der Waals surface area contributed by atoms with Gasteiger partial charge in [-0.2, -0.15) is 11.3 Å². The Hall–Kier alpha value is -0.790. The third-order valence-electron chi connectivity index (χ3n) is 2.98. The van der Waals surface area contributed by atoms with E-state index in [9.17, 15) is 0 Å². The third-order valence-corrected chi connectivity index (χ3v) is 4.35. The fraction of sp³-hybridized carbons (Fsp3) is 0.333. The van der Waals surface area contributed by atoms with E-state index in [4.69, 9.17) is 11.6 Å². The summed E-state index contributed by atoms with van der Waals surface area (Å²) in [6.45, 7) is 4.32. The summed E-state index contributed by atoms with van der Waals surface area (Å²) >= 11 is 8.23. The van der Waals surface area contributed by atoms with E-state index in [1.54, 1.807) is 11.3 Å². The summed E-state index contributed by atoms with van der Waals surface area (Å²) in [5, 5.41) is 4.28. The van der Waals surface area contributed by atoms with Crippen molar-refractivity contribution < 1.29 is 0 Å². The van der Waals surface area contributed by atoms with E-state index >= 15 is 0 Å². The Kier molecular flexibility index (Phi) is 4.25. The van der Waals surface area contributed by atoms with E-state index in [-0.39, 0.29) is 5.38 Å². The molecule has 2 heteroatoms. The summed E-state index contributed by atoms with van der Waals surface area (Å²) in [7, 11) is 0. The number of halogens is 1. The largest absolute Gasteiger partial charge is 0.152 e. The van der Waals surface area contributed by atoms with Crippen LogP contribution in [0.3, 0.4) is 0 Å². The van der Waals surface area contributed by atoms with E-state index in [1.165, 1.54) is 28.7 Å². The summed E-state index contributed by atoms with van der Waals surface area (Å²) in [5.74, 6) is 0. The maximum absolute atomic E-state index is 6.51. The predicted molar refractivity (Wildman–Crippen MR) is 77.2 cm³/mol. The summed E-state index contributed by atoms with van der Waals surface area (Å²) in [5.41, 5.74) is 5.10. The van der Waals surface area contributed by atoms with Gasteiger partial charge in [0, 0.05) is 0 Å². The van der Waals surface area contributed by atoms with Gasteiger partial charge in [-0.05, 0) is 46.4 Å². The lowest BCUT2D eigenvalue weighted by molar-refractivity contribution is 0.920. The van der Waals surface area contributed by atoms with Gasteiger partial charge >= 0.3 is 0 Å². The number of thiophene rings is 1. The van der Waals surface area contributed by atoms with Crippen LogP contribution >= 0.6 is 22.9 Å². The molecule has 0 N–H and O–H groups in total. The summed E-state index contributed by atoms with van der Waals surface area (Å²) in [4.78, 5) is 0. The van der Waals surface area contributed by atoms with Crippen molar-refractivity contribution in [2.75, 3.05) is 0 Å². The van der Waals surface area contributed by atoms with E-state index in [2.05, 4.69) is 48.9 Å². The number of benzene rings is 1. The second-order valence-electron chi connectivity index (χ2n) is 4.36. The van der Waals surface area contributed by atoms with Crippen molar-refractivity contribution in [2.45, 2.75) is 32.1 Å². The first-order chi connectivity index (χ1) is 8.22. The molecule has 0 aliphatic carbocycles. The first-order valence-corrected chi connectivity index (χ1v) is 7.36. The Labute approximate surface area is 112 Å². The fourth-order valence-corrected chi connectivity index (χ4v) is 3.28. The topological polar surface area (TPSA) is 0 Å². The lowest BCUT2D eigenvalue weighted by Gasteiger charge is -2.10. The summed E-state index contributed by atoms with van der Waals surface area (Å²) in [6.07, 6.45) is 2.33. The normalized spacial score (nSPS) is 12.6. The van der Waals surface area contributed by atoms with Crippen LogP contribution in [0, 0.1) is 6.92 Å². The van der Waals surface area contributed by atoms with Crippen LogP contribution in [0.15, 0.2) is 35.0 Å². The van der Waals surface area contributed by atoms with Crippen LogP contribution in [0.1, 0.15) is 41.0 Å². The minimum atomic E-state index is -0.0167. The van der Waals surface area contributed by atoms with Crippen molar-refractivity contribution in [1.82, 2.24) is 0 Å². The van der Waals surface area contributed by atoms with Crippen molar-refractivity contribution >= 4 is 22.9 Å². The van der Waals surface area contributed by atoms with Gasteiger partial charge in [0.1, 0.15) is 0 Å². The highest BCUT2D eigenvalue weighted by molar-refractivity contribution is 7.08. The van der Waals surface area contributed by atoms with E-state index < -0.39 is 0 Å². The molecule has 0 amide bonds. The number of rotatable bonds is 4. The first-order valence-electron chi connectivity index (χ1n) is 5.98. The van der Waals surface area contributed by atoms with Crippen LogP contribution in [-0.4, -0.2) is 0 Å². The molecule has 0 nitrogen and oxygen atoms in total. The van der Waals surface area contributed by atoms with Crippen LogP contribution in [-0.2, 0) is 6.42 Å². The van der Waals surface area contributed by atoms with Gasteiger partial charge in [0.25, 0.3) is 0 Å². The fourth-order valence-electron chi connectivity index (χ4n) is 1.95. The smallest absolute Gasteiger partial charge is 0.0846 e. The molecule has 90 valence electrons. The quantitative estimate of drug-likeness (QED) is 0.654. The molecule has 1 heterocycles. The van der Waals surface area contributed by atoms with Crippen LogP contribution < -0.4 is 0 Å². The van der Waals surface area contributed by atoms with Gasteiger partial charge < -0.3 is 0 Å². The highest BCUT2D eigenvalue weighted by atomic mass is 35.5. The van der Waals surface area contributed by atoms with Crippen LogP contribution in [0.2, 0.25) is 0 Å². The number of hydrogen-bond donors (Lipinski definition) is 0. The van der Waals surface area contributed by atoms with Crippen LogP contribution in [0.25, 0.3) is 0 Å². The molecular formula is C15H17ClS. The van der Waals surface area contributed by atoms with Crippen molar-refractivity contribution in [3.8, 4) is 0 Å². The SMILES string of the molecule is CCCc1ccc(C(Cl)c2cscc2C)cc1. The molecule has 0 saturated heterocycles. The molecule has 0 spiro atoms. The Bertz CT molecular complexity index is 470. The average molecular weight is 265 g/mol. The lowest BCUT2D eigenvalue weighted by Crippen LogP contribution is -1.94. The molecule has 0 fully saturated rings. The minimum absolute atomic E-state index is 0.0167. The zero-order chi connectivity index (χ0) is 12.3. The predicted octanol–water partition coefficient (Wildman–Crippen LogP) is 5.34. The average Bonchev–Trinajstić information content (AvgIpc) is 2.76. The summed E-state index contributed by atoms with van der Waals surface area (Å²) in [6, 6.07) is 8.69. The highest BCUT2D eigenvalue weighted by Crippen LogP contribution is 2.32. The molecule has 0 bridgehead atoms. The van der Waals surface area contributed by atoms with E-state index in [1.807, 2.05) is 0 Å². The van der Waals surface area contributed by atoms with Gasteiger partial charge in [0.2, 0.25) is 0 Å². The molecule has 1 unspecified atom stereocenters. The van der Waals surface area contributed by atoms with Crippen LogP contribution in [0.4, 0.5) is 0 Å². The van der Waals surface area contributed by atoms with Gasteiger partial charge in [0.05, 0.1) is 5.38 Å². The molecule has 2 aromatic rings. The molecular weight excluding hydrogens is 248 g/mol. The Balaban J connectivity index is 2.20. The second-order valence-corrected chi connectivity index (χ2v) is 5.54. The summed E-state index contributed by atoms with van der Waals surface area (Å²) < 4.78 is 0. The molecule has 2 rings (SSSR count). The van der Waals surface area contributed by atoms with Crippen LogP contribution in [0.5, 0.6) is 0 Å². The highest BCUT2D eigenvalue weighted by Gasteiger charge is 2.13. The number of alkyl halides is 1. The lowest BCUT2D eigenvalue weighted by atomic mass is 10.0. The van der Waals surface area contributed by atoms with Gasteiger partial charge in [-0.1, -0.05) is 37.6 Å². The van der Waals surface area contributed by atoms with Gasteiger partial charge in [-0.15, -0.1) is 11.6 Å². The number of hydrogen-bond acceptors (Lipinski definition) is 1. The molecule has 0 saturated carbocycles. The maximum atomic E-state index is 6.51. The molecule has 0 radical (unpaired) electrons. The second kappa shape index (κ2) is 5.70. The first kappa shape index (κ1) is 12.7. The van der Waals surface area contributed by atoms with Crippen molar-refractivity contribution in [3.63, 3.8) is 0 Å². The van der Waals surface area contributed by atoms with Gasteiger partial charge in [0.15, 0.2) is 0 Å².